The molecule has 0 unspecified atom stereocenters. The number of rotatable bonds is 2. The lowest BCUT2D eigenvalue weighted by molar-refractivity contribution is 0.0612. The number of amides is 1. The minimum absolute atomic E-state index is 0.0895. The molecule has 1 amide bonds. The van der Waals surface area contributed by atoms with E-state index in [1.54, 1.807) is 29.5 Å². The van der Waals surface area contributed by atoms with Gasteiger partial charge in [-0.25, -0.2) is 5.01 Å². The maximum atomic E-state index is 12.6. The van der Waals surface area contributed by atoms with E-state index in [0.29, 0.717) is 5.56 Å². The molecule has 2 aromatic rings. The fourth-order valence-corrected chi connectivity index (χ4v) is 2.50. The minimum atomic E-state index is -0.328. The third-order valence-corrected chi connectivity index (χ3v) is 3.62. The highest BCUT2D eigenvalue weighted by atomic mass is 16.2. The van der Waals surface area contributed by atoms with E-state index in [-0.39, 0.29) is 11.4 Å². The van der Waals surface area contributed by atoms with E-state index >= 15 is 0 Å². The summed E-state index contributed by atoms with van der Waals surface area (Å²) in [5, 5.41) is 6.16. The Hall–Kier alpha value is -2.49. The number of carbonyl (C=O) groups excluding carboxylic acids is 1. The van der Waals surface area contributed by atoms with Gasteiger partial charge in [0.15, 0.2) is 0 Å². The fraction of sp³-hybridized carbons (Fsp3) is 0.235. The number of hydrogen-bond donors (Lipinski definition) is 0. The Morgan fingerprint density at radius 1 is 1.10 bits per heavy atom. The Morgan fingerprint density at radius 2 is 1.76 bits per heavy atom. The Bertz CT molecular complexity index is 678. The standard InChI is InChI=1S/C17H17N3O/c1-17(2)12-15(13-6-4-3-5-7-13)19-20(17)16(21)14-8-10-18-11-9-14/h3-11H,12H2,1-2H3. The lowest BCUT2D eigenvalue weighted by atomic mass is 9.94. The van der Waals surface area contributed by atoms with Crippen molar-refractivity contribution in [2.24, 2.45) is 5.10 Å². The molecule has 21 heavy (non-hydrogen) atoms. The van der Waals surface area contributed by atoms with Crippen LogP contribution in [0.25, 0.3) is 0 Å². The van der Waals surface area contributed by atoms with E-state index in [4.69, 9.17) is 0 Å². The first kappa shape index (κ1) is 13.5. The third-order valence-electron chi connectivity index (χ3n) is 3.62. The van der Waals surface area contributed by atoms with Gasteiger partial charge >= 0.3 is 0 Å². The van der Waals surface area contributed by atoms with Crippen LogP contribution in [0.1, 0.15) is 36.2 Å². The molecule has 4 nitrogen and oxygen atoms in total. The molecular formula is C17H17N3O. The van der Waals surface area contributed by atoms with Gasteiger partial charge in [0.1, 0.15) is 0 Å². The summed E-state index contributed by atoms with van der Waals surface area (Å²) < 4.78 is 0. The van der Waals surface area contributed by atoms with Gasteiger partial charge in [-0.1, -0.05) is 30.3 Å². The molecule has 0 saturated carbocycles. The molecule has 0 atom stereocenters. The highest BCUT2D eigenvalue weighted by Crippen LogP contribution is 2.30. The second kappa shape index (κ2) is 5.13. The molecule has 0 saturated heterocycles. The number of aromatic nitrogens is 1. The van der Waals surface area contributed by atoms with Crippen molar-refractivity contribution in [3.05, 3.63) is 66.0 Å². The van der Waals surface area contributed by atoms with Crippen LogP contribution in [-0.2, 0) is 0 Å². The molecule has 0 aliphatic carbocycles. The van der Waals surface area contributed by atoms with Crippen LogP contribution < -0.4 is 0 Å². The van der Waals surface area contributed by atoms with Gasteiger partial charge in [0, 0.05) is 24.4 Å². The molecule has 3 rings (SSSR count). The lowest BCUT2D eigenvalue weighted by Gasteiger charge is -2.28. The van der Waals surface area contributed by atoms with Crippen molar-refractivity contribution < 1.29 is 4.79 Å². The zero-order valence-electron chi connectivity index (χ0n) is 12.2. The van der Waals surface area contributed by atoms with Gasteiger partial charge in [0.2, 0.25) is 0 Å². The monoisotopic (exact) mass is 279 g/mol. The Labute approximate surface area is 124 Å². The number of benzene rings is 1. The van der Waals surface area contributed by atoms with Crippen molar-refractivity contribution in [1.29, 1.82) is 0 Å². The van der Waals surface area contributed by atoms with Gasteiger partial charge < -0.3 is 0 Å². The maximum absolute atomic E-state index is 12.6. The number of nitrogens with zero attached hydrogens (tertiary/aromatic N) is 3. The molecule has 1 aromatic heterocycles. The predicted molar refractivity (Wildman–Crippen MR) is 82.1 cm³/mol. The van der Waals surface area contributed by atoms with Crippen LogP contribution in [0.5, 0.6) is 0 Å². The molecule has 0 fully saturated rings. The van der Waals surface area contributed by atoms with Crippen molar-refractivity contribution in [3.8, 4) is 0 Å². The minimum Gasteiger partial charge on any atom is -0.267 e. The van der Waals surface area contributed by atoms with Gasteiger partial charge in [-0.3, -0.25) is 9.78 Å². The van der Waals surface area contributed by atoms with Crippen molar-refractivity contribution in [1.82, 2.24) is 9.99 Å². The molecular weight excluding hydrogens is 262 g/mol. The average Bonchev–Trinajstić information content (AvgIpc) is 2.84. The summed E-state index contributed by atoms with van der Waals surface area (Å²) in [6.45, 7) is 4.07. The molecule has 106 valence electrons. The van der Waals surface area contributed by atoms with Crippen molar-refractivity contribution in [2.45, 2.75) is 25.8 Å². The van der Waals surface area contributed by atoms with Gasteiger partial charge in [0.25, 0.3) is 5.91 Å². The van der Waals surface area contributed by atoms with Crippen LogP contribution in [0.2, 0.25) is 0 Å². The van der Waals surface area contributed by atoms with Gasteiger partial charge in [0.05, 0.1) is 11.3 Å². The molecule has 1 aromatic carbocycles. The van der Waals surface area contributed by atoms with E-state index in [1.165, 1.54) is 0 Å². The molecule has 0 radical (unpaired) electrons. The molecule has 1 aliphatic rings. The Morgan fingerprint density at radius 3 is 2.43 bits per heavy atom. The summed E-state index contributed by atoms with van der Waals surface area (Å²) in [6, 6.07) is 13.4. The van der Waals surface area contributed by atoms with Gasteiger partial charge in [-0.05, 0) is 31.5 Å². The second-order valence-corrected chi connectivity index (χ2v) is 5.75. The number of pyridine rings is 1. The molecule has 1 aliphatic heterocycles. The number of hydrogen-bond acceptors (Lipinski definition) is 3. The molecule has 4 heteroatoms. The SMILES string of the molecule is CC1(C)CC(c2ccccc2)=NN1C(=O)c1ccncc1. The normalized spacial score (nSPS) is 16.7. The maximum Gasteiger partial charge on any atom is 0.274 e. The fourth-order valence-electron chi connectivity index (χ4n) is 2.50. The third kappa shape index (κ3) is 2.57. The Kier molecular flexibility index (Phi) is 3.29. The van der Waals surface area contributed by atoms with Crippen molar-refractivity contribution >= 4 is 11.6 Å². The summed E-state index contributed by atoms with van der Waals surface area (Å²) in [5.41, 5.74) is 2.29. The van der Waals surface area contributed by atoms with Crippen molar-refractivity contribution in [3.63, 3.8) is 0 Å². The van der Waals surface area contributed by atoms with Crippen molar-refractivity contribution in [2.75, 3.05) is 0 Å². The van der Waals surface area contributed by atoms with E-state index in [1.807, 2.05) is 44.2 Å². The lowest BCUT2D eigenvalue weighted by Crippen LogP contribution is -2.40. The first-order valence-electron chi connectivity index (χ1n) is 6.95. The average molecular weight is 279 g/mol. The Balaban J connectivity index is 1.94. The molecule has 2 heterocycles. The van der Waals surface area contributed by atoms with Gasteiger partial charge in [-0.2, -0.15) is 5.10 Å². The van der Waals surface area contributed by atoms with Crippen LogP contribution in [-0.4, -0.2) is 27.2 Å². The smallest absolute Gasteiger partial charge is 0.267 e. The molecule has 0 N–H and O–H groups in total. The summed E-state index contributed by atoms with van der Waals surface area (Å²) in [7, 11) is 0. The van der Waals surface area contributed by atoms with E-state index in [9.17, 15) is 4.79 Å². The van der Waals surface area contributed by atoms with Crippen LogP contribution >= 0.6 is 0 Å². The van der Waals surface area contributed by atoms with E-state index < -0.39 is 0 Å². The predicted octanol–water partition coefficient (Wildman–Crippen LogP) is 3.11. The summed E-state index contributed by atoms with van der Waals surface area (Å²) in [5.74, 6) is -0.0895. The summed E-state index contributed by atoms with van der Waals surface area (Å²) in [4.78, 5) is 16.6. The number of hydrazone groups is 1. The highest BCUT2D eigenvalue weighted by Gasteiger charge is 2.38. The second-order valence-electron chi connectivity index (χ2n) is 5.75. The topological polar surface area (TPSA) is 45.6 Å². The van der Waals surface area contributed by atoms with E-state index in [2.05, 4.69) is 10.1 Å². The molecule has 0 bridgehead atoms. The van der Waals surface area contributed by atoms with Crippen LogP contribution in [0.15, 0.2) is 60.0 Å². The summed E-state index contributed by atoms with van der Waals surface area (Å²) in [6.07, 6.45) is 3.99. The zero-order chi connectivity index (χ0) is 14.9. The van der Waals surface area contributed by atoms with Crippen LogP contribution in [0.4, 0.5) is 0 Å². The number of carbonyl (C=O) groups is 1. The largest absolute Gasteiger partial charge is 0.274 e. The quantitative estimate of drug-likeness (QED) is 0.848. The summed E-state index contributed by atoms with van der Waals surface area (Å²) >= 11 is 0. The first-order valence-corrected chi connectivity index (χ1v) is 6.95. The molecule has 0 spiro atoms. The zero-order valence-corrected chi connectivity index (χ0v) is 12.2. The van der Waals surface area contributed by atoms with E-state index in [0.717, 1.165) is 17.7 Å². The van der Waals surface area contributed by atoms with Gasteiger partial charge in [-0.15, -0.1) is 0 Å². The van der Waals surface area contributed by atoms with Crippen LogP contribution in [0.3, 0.4) is 0 Å². The van der Waals surface area contributed by atoms with Crippen LogP contribution in [0, 0.1) is 0 Å². The highest BCUT2D eigenvalue weighted by molar-refractivity contribution is 6.05. The first-order chi connectivity index (χ1) is 10.1.